The summed E-state index contributed by atoms with van der Waals surface area (Å²) in [7, 11) is 0. The van der Waals surface area contributed by atoms with Crippen LogP contribution in [0.3, 0.4) is 0 Å². The van der Waals surface area contributed by atoms with Crippen LogP contribution < -0.4 is 11.1 Å². The minimum Gasteiger partial charge on any atom is -0.461 e. The molecular formula is C19H28N6O3S. The molecule has 1 aliphatic heterocycles. The number of piperidine rings is 1. The Morgan fingerprint density at radius 2 is 2.28 bits per heavy atom. The minimum absolute atomic E-state index is 0.0335. The molecule has 0 aliphatic carbocycles. The molecule has 2 aromatic rings. The second-order valence-corrected chi connectivity index (χ2v) is 8.00. The number of hydrogen-bond acceptors (Lipinski definition) is 7. The molecule has 158 valence electrons. The zero-order chi connectivity index (χ0) is 20.6. The molecule has 0 radical (unpaired) electrons. The van der Waals surface area contributed by atoms with Crippen molar-refractivity contribution in [2.75, 3.05) is 31.9 Å². The minimum atomic E-state index is -0.213. The number of furan rings is 1. The van der Waals surface area contributed by atoms with Gasteiger partial charge in [-0.05, 0) is 51.4 Å². The second-order valence-electron chi connectivity index (χ2n) is 7.06. The smallest absolute Gasteiger partial charge is 0.230 e. The van der Waals surface area contributed by atoms with Crippen molar-refractivity contribution >= 4 is 23.6 Å². The number of nitrogens with zero attached hydrogens (tertiary/aromatic N) is 4. The Morgan fingerprint density at radius 3 is 3.00 bits per heavy atom. The molecule has 0 bridgehead atoms. The Morgan fingerprint density at radius 1 is 1.41 bits per heavy atom. The van der Waals surface area contributed by atoms with E-state index < -0.39 is 0 Å². The molecule has 2 aromatic heterocycles. The highest BCUT2D eigenvalue weighted by Crippen LogP contribution is 2.24. The van der Waals surface area contributed by atoms with Crippen LogP contribution in [0, 0.1) is 5.92 Å². The Hall–Kier alpha value is -2.33. The van der Waals surface area contributed by atoms with Crippen molar-refractivity contribution in [1.29, 1.82) is 0 Å². The molecule has 1 fully saturated rings. The number of primary amides is 1. The highest BCUT2D eigenvalue weighted by Gasteiger charge is 2.23. The molecule has 29 heavy (non-hydrogen) atoms. The average Bonchev–Trinajstić information content (AvgIpc) is 3.39. The summed E-state index contributed by atoms with van der Waals surface area (Å²) in [6.45, 7) is 5.86. The van der Waals surface area contributed by atoms with Gasteiger partial charge >= 0.3 is 0 Å². The largest absolute Gasteiger partial charge is 0.461 e. The Kier molecular flexibility index (Phi) is 7.70. The van der Waals surface area contributed by atoms with Crippen LogP contribution in [0.4, 0.5) is 0 Å². The number of thioether (sulfide) groups is 1. The molecule has 3 heterocycles. The molecule has 10 heteroatoms. The molecule has 0 spiro atoms. The van der Waals surface area contributed by atoms with Crippen LogP contribution in [0.1, 0.15) is 26.2 Å². The van der Waals surface area contributed by atoms with Crippen LogP contribution in [0.25, 0.3) is 11.6 Å². The predicted molar refractivity (Wildman–Crippen MR) is 110 cm³/mol. The predicted octanol–water partition coefficient (Wildman–Crippen LogP) is 1.35. The molecule has 1 aliphatic rings. The van der Waals surface area contributed by atoms with Gasteiger partial charge in [-0.2, -0.15) is 0 Å². The van der Waals surface area contributed by atoms with E-state index in [0.29, 0.717) is 29.8 Å². The summed E-state index contributed by atoms with van der Waals surface area (Å²) >= 11 is 1.36. The Balaban J connectivity index is 1.38. The van der Waals surface area contributed by atoms with Crippen molar-refractivity contribution in [3.05, 3.63) is 18.4 Å². The second kappa shape index (κ2) is 10.4. The highest BCUT2D eigenvalue weighted by molar-refractivity contribution is 7.99. The molecule has 3 N–H and O–H groups in total. The topological polar surface area (TPSA) is 119 Å². The number of amides is 2. The van der Waals surface area contributed by atoms with E-state index in [1.165, 1.54) is 11.8 Å². The number of likely N-dealkylation sites (tertiary alicyclic amines) is 1. The first-order valence-corrected chi connectivity index (χ1v) is 10.9. The van der Waals surface area contributed by atoms with Gasteiger partial charge in [0, 0.05) is 19.6 Å². The fraction of sp³-hybridized carbons (Fsp3) is 0.579. The summed E-state index contributed by atoms with van der Waals surface area (Å²) in [5.74, 6) is 1.31. The number of carbonyl (C=O) groups excluding carboxylic acids is 2. The van der Waals surface area contributed by atoms with Crippen LogP contribution in [0.5, 0.6) is 0 Å². The number of hydrogen-bond donors (Lipinski definition) is 2. The maximum atomic E-state index is 12.2. The molecule has 2 amide bonds. The number of carbonyl (C=O) groups is 2. The van der Waals surface area contributed by atoms with Crippen molar-refractivity contribution in [2.24, 2.45) is 11.7 Å². The van der Waals surface area contributed by atoms with E-state index in [1.807, 2.05) is 23.6 Å². The van der Waals surface area contributed by atoms with Gasteiger partial charge in [0.1, 0.15) is 0 Å². The summed E-state index contributed by atoms with van der Waals surface area (Å²) < 4.78 is 7.33. The number of nitrogens with two attached hydrogens (primary N) is 1. The Bertz CT molecular complexity index is 807. The van der Waals surface area contributed by atoms with E-state index in [2.05, 4.69) is 20.4 Å². The van der Waals surface area contributed by atoms with Gasteiger partial charge in [-0.3, -0.25) is 14.2 Å². The molecule has 0 aromatic carbocycles. The zero-order valence-electron chi connectivity index (χ0n) is 16.7. The third kappa shape index (κ3) is 5.83. The molecule has 1 saturated heterocycles. The fourth-order valence-electron chi connectivity index (χ4n) is 3.47. The van der Waals surface area contributed by atoms with Gasteiger partial charge < -0.3 is 20.4 Å². The van der Waals surface area contributed by atoms with Gasteiger partial charge in [-0.25, -0.2) is 0 Å². The summed E-state index contributed by atoms with van der Waals surface area (Å²) in [5.41, 5.74) is 5.41. The molecular weight excluding hydrogens is 392 g/mol. The summed E-state index contributed by atoms with van der Waals surface area (Å²) in [6, 6.07) is 3.65. The van der Waals surface area contributed by atoms with Crippen molar-refractivity contribution < 1.29 is 14.0 Å². The lowest BCUT2D eigenvalue weighted by Gasteiger charge is -2.31. The monoisotopic (exact) mass is 420 g/mol. The molecule has 0 saturated carbocycles. The summed E-state index contributed by atoms with van der Waals surface area (Å²) in [5, 5.41) is 12.0. The van der Waals surface area contributed by atoms with Crippen LogP contribution >= 0.6 is 11.8 Å². The van der Waals surface area contributed by atoms with Crippen LogP contribution in [-0.2, 0) is 16.1 Å². The average molecular weight is 421 g/mol. The SMILES string of the molecule is CCn1c(SCC(=O)NCCCN2CCCC(C(N)=O)C2)nnc1-c1ccco1. The van der Waals surface area contributed by atoms with E-state index in [9.17, 15) is 9.59 Å². The molecule has 9 nitrogen and oxygen atoms in total. The van der Waals surface area contributed by atoms with Crippen molar-refractivity contribution in [3.8, 4) is 11.6 Å². The third-order valence-electron chi connectivity index (χ3n) is 4.99. The maximum Gasteiger partial charge on any atom is 0.230 e. The van der Waals surface area contributed by atoms with Crippen molar-refractivity contribution in [2.45, 2.75) is 37.9 Å². The standard InChI is InChI=1S/C19H28N6O3S/c1-2-25-18(15-7-4-11-28-15)22-23-19(25)29-13-16(26)21-8-5-10-24-9-3-6-14(12-24)17(20)27/h4,7,11,14H,2-3,5-6,8-10,12-13H2,1H3,(H2,20,27)(H,21,26). The van der Waals surface area contributed by atoms with E-state index in [0.717, 1.165) is 38.9 Å². The quantitative estimate of drug-likeness (QED) is 0.440. The molecule has 1 unspecified atom stereocenters. The maximum absolute atomic E-state index is 12.2. The number of rotatable bonds is 10. The van der Waals surface area contributed by atoms with E-state index in [-0.39, 0.29) is 23.5 Å². The lowest BCUT2D eigenvalue weighted by molar-refractivity contribution is -0.123. The van der Waals surface area contributed by atoms with Crippen LogP contribution in [-0.4, -0.2) is 63.4 Å². The first kappa shape index (κ1) is 21.4. The first-order valence-electron chi connectivity index (χ1n) is 9.96. The van der Waals surface area contributed by atoms with Gasteiger partial charge in [0.2, 0.25) is 11.8 Å². The number of nitrogens with one attached hydrogen (secondary N) is 1. The van der Waals surface area contributed by atoms with E-state index >= 15 is 0 Å². The highest BCUT2D eigenvalue weighted by atomic mass is 32.2. The molecule has 3 rings (SSSR count). The van der Waals surface area contributed by atoms with Crippen LogP contribution in [0.15, 0.2) is 28.0 Å². The van der Waals surface area contributed by atoms with E-state index in [1.54, 1.807) is 6.26 Å². The summed E-state index contributed by atoms with van der Waals surface area (Å²) in [6.07, 6.45) is 4.32. The first-order chi connectivity index (χ1) is 14.1. The van der Waals surface area contributed by atoms with Crippen LogP contribution in [0.2, 0.25) is 0 Å². The summed E-state index contributed by atoms with van der Waals surface area (Å²) in [4.78, 5) is 25.8. The normalized spacial score (nSPS) is 17.3. The van der Waals surface area contributed by atoms with Gasteiger partial charge in [0.05, 0.1) is 17.9 Å². The fourth-order valence-corrected chi connectivity index (χ4v) is 4.30. The zero-order valence-corrected chi connectivity index (χ0v) is 17.5. The van der Waals surface area contributed by atoms with Gasteiger partial charge in [0.15, 0.2) is 16.7 Å². The third-order valence-corrected chi connectivity index (χ3v) is 5.95. The van der Waals surface area contributed by atoms with Gasteiger partial charge in [-0.15, -0.1) is 10.2 Å². The lowest BCUT2D eigenvalue weighted by Crippen LogP contribution is -2.42. The van der Waals surface area contributed by atoms with Crippen molar-refractivity contribution in [3.63, 3.8) is 0 Å². The molecule has 1 atom stereocenters. The van der Waals surface area contributed by atoms with E-state index in [4.69, 9.17) is 10.2 Å². The van der Waals surface area contributed by atoms with Gasteiger partial charge in [0.25, 0.3) is 0 Å². The number of aromatic nitrogens is 3. The van der Waals surface area contributed by atoms with Crippen molar-refractivity contribution in [1.82, 2.24) is 25.0 Å². The Labute approximate surface area is 174 Å². The lowest BCUT2D eigenvalue weighted by atomic mass is 9.97. The van der Waals surface area contributed by atoms with Gasteiger partial charge in [-0.1, -0.05) is 11.8 Å².